The molecule has 102 valence electrons. The van der Waals surface area contributed by atoms with Gasteiger partial charge in [-0.25, -0.2) is 0 Å². The highest BCUT2D eigenvalue weighted by Crippen LogP contribution is 2.03. The maximum atomic E-state index is 11.7. The number of carbonyl (C=O) groups excluding carboxylic acids is 2. The first-order valence-corrected chi connectivity index (χ1v) is 6.29. The second-order valence-corrected chi connectivity index (χ2v) is 4.29. The molecule has 0 bridgehead atoms. The highest BCUT2D eigenvalue weighted by molar-refractivity contribution is 5.92. The Morgan fingerprint density at radius 2 is 2.00 bits per heavy atom. The summed E-state index contributed by atoms with van der Waals surface area (Å²) in [7, 11) is 0. The van der Waals surface area contributed by atoms with Gasteiger partial charge < -0.3 is 14.5 Å². The lowest BCUT2D eigenvalue weighted by molar-refractivity contribution is -0.120. The third kappa shape index (κ3) is 4.24. The number of carbonyl (C=O) groups is 2. The van der Waals surface area contributed by atoms with Gasteiger partial charge in [0.05, 0.1) is 12.3 Å². The zero-order chi connectivity index (χ0) is 14.2. The van der Waals surface area contributed by atoms with E-state index in [-0.39, 0.29) is 5.91 Å². The Labute approximate surface area is 117 Å². The number of amides is 1. The predicted molar refractivity (Wildman–Crippen MR) is 75.9 cm³/mol. The van der Waals surface area contributed by atoms with Gasteiger partial charge in [0.2, 0.25) is 5.91 Å². The van der Waals surface area contributed by atoms with E-state index in [1.165, 1.54) is 12.3 Å². The largest absolute Gasteiger partial charge is 0.465 e. The van der Waals surface area contributed by atoms with Crippen LogP contribution >= 0.6 is 0 Å². The number of nitrogens with one attached hydrogen (secondary N) is 1. The SMILES string of the molecule is O=C[C@H](Cc1ccccc1)NC(=O)C=Cc1ccco1. The molecule has 2 aromatic rings. The number of hydrogen-bond donors (Lipinski definition) is 1. The minimum absolute atomic E-state index is 0.325. The topological polar surface area (TPSA) is 59.3 Å². The Kier molecular flexibility index (Phi) is 4.89. The molecular formula is C16H15NO3. The fraction of sp³-hybridized carbons (Fsp3) is 0.125. The van der Waals surface area contributed by atoms with Crippen LogP contribution in [0, 0.1) is 0 Å². The van der Waals surface area contributed by atoms with Crippen molar-refractivity contribution >= 4 is 18.3 Å². The molecule has 0 aliphatic heterocycles. The lowest BCUT2D eigenvalue weighted by Gasteiger charge is -2.11. The van der Waals surface area contributed by atoms with E-state index >= 15 is 0 Å². The van der Waals surface area contributed by atoms with Crippen LogP contribution in [0.3, 0.4) is 0 Å². The second kappa shape index (κ2) is 7.09. The second-order valence-electron chi connectivity index (χ2n) is 4.29. The molecular weight excluding hydrogens is 254 g/mol. The number of benzene rings is 1. The Morgan fingerprint density at radius 3 is 2.65 bits per heavy atom. The van der Waals surface area contributed by atoms with Crippen LogP contribution in [-0.4, -0.2) is 18.2 Å². The van der Waals surface area contributed by atoms with Crippen molar-refractivity contribution in [1.29, 1.82) is 0 Å². The molecule has 0 radical (unpaired) electrons. The highest BCUT2D eigenvalue weighted by Gasteiger charge is 2.10. The van der Waals surface area contributed by atoms with E-state index in [1.807, 2.05) is 30.3 Å². The molecule has 1 atom stereocenters. The molecule has 4 heteroatoms. The first kappa shape index (κ1) is 13.8. The molecule has 1 amide bonds. The van der Waals surface area contributed by atoms with Crippen LogP contribution in [0.5, 0.6) is 0 Å². The van der Waals surface area contributed by atoms with Gasteiger partial charge in [-0.1, -0.05) is 30.3 Å². The van der Waals surface area contributed by atoms with Crippen LogP contribution in [0.2, 0.25) is 0 Å². The summed E-state index contributed by atoms with van der Waals surface area (Å²) in [5.74, 6) is 0.264. The molecule has 1 N–H and O–H groups in total. The van der Waals surface area contributed by atoms with Crippen molar-refractivity contribution in [2.45, 2.75) is 12.5 Å². The number of hydrogen-bond acceptors (Lipinski definition) is 3. The molecule has 0 aliphatic rings. The van der Waals surface area contributed by atoms with Gasteiger partial charge in [-0.15, -0.1) is 0 Å². The van der Waals surface area contributed by atoms with Gasteiger partial charge in [0.1, 0.15) is 12.0 Å². The van der Waals surface area contributed by atoms with Gasteiger partial charge in [0.15, 0.2) is 0 Å². The Bertz CT molecular complexity index is 573. The summed E-state index contributed by atoms with van der Waals surface area (Å²) in [6.45, 7) is 0. The minimum atomic E-state index is -0.536. The van der Waals surface area contributed by atoms with Crippen molar-refractivity contribution in [3.8, 4) is 0 Å². The van der Waals surface area contributed by atoms with Gasteiger partial charge in [-0.2, -0.15) is 0 Å². The normalized spacial score (nSPS) is 12.2. The van der Waals surface area contributed by atoms with E-state index in [2.05, 4.69) is 5.32 Å². The van der Waals surface area contributed by atoms with Gasteiger partial charge in [-0.3, -0.25) is 4.79 Å². The molecule has 1 aromatic carbocycles. The zero-order valence-corrected chi connectivity index (χ0v) is 10.9. The Balaban J connectivity index is 1.89. The van der Waals surface area contributed by atoms with Crippen LogP contribution in [0.25, 0.3) is 6.08 Å². The lowest BCUT2D eigenvalue weighted by Crippen LogP contribution is -2.36. The molecule has 0 saturated carbocycles. The average molecular weight is 269 g/mol. The molecule has 0 spiro atoms. The van der Waals surface area contributed by atoms with Crippen molar-refractivity contribution in [3.05, 3.63) is 66.1 Å². The van der Waals surface area contributed by atoms with Crippen LogP contribution < -0.4 is 5.32 Å². The molecule has 20 heavy (non-hydrogen) atoms. The van der Waals surface area contributed by atoms with E-state index in [0.717, 1.165) is 11.8 Å². The summed E-state index contributed by atoms with van der Waals surface area (Å²) in [4.78, 5) is 22.7. The number of rotatable bonds is 6. The van der Waals surface area contributed by atoms with Crippen LogP contribution in [-0.2, 0) is 16.0 Å². The van der Waals surface area contributed by atoms with E-state index in [4.69, 9.17) is 4.42 Å². The third-order valence-corrected chi connectivity index (χ3v) is 2.73. The summed E-state index contributed by atoms with van der Waals surface area (Å²) < 4.78 is 5.07. The monoisotopic (exact) mass is 269 g/mol. The maximum Gasteiger partial charge on any atom is 0.244 e. The molecule has 2 rings (SSSR count). The first-order valence-electron chi connectivity index (χ1n) is 6.29. The van der Waals surface area contributed by atoms with Crippen molar-refractivity contribution in [3.63, 3.8) is 0 Å². The van der Waals surface area contributed by atoms with Gasteiger partial charge in [0, 0.05) is 6.08 Å². The van der Waals surface area contributed by atoms with Gasteiger partial charge >= 0.3 is 0 Å². The fourth-order valence-corrected chi connectivity index (χ4v) is 1.78. The van der Waals surface area contributed by atoms with Crippen molar-refractivity contribution < 1.29 is 14.0 Å². The smallest absolute Gasteiger partial charge is 0.244 e. The van der Waals surface area contributed by atoms with E-state index in [1.54, 1.807) is 18.2 Å². The van der Waals surface area contributed by atoms with Crippen molar-refractivity contribution in [1.82, 2.24) is 5.32 Å². The van der Waals surface area contributed by atoms with Gasteiger partial charge in [0.25, 0.3) is 0 Å². The molecule has 0 aliphatic carbocycles. The fourth-order valence-electron chi connectivity index (χ4n) is 1.78. The van der Waals surface area contributed by atoms with Gasteiger partial charge in [-0.05, 0) is 30.2 Å². The quantitative estimate of drug-likeness (QED) is 0.646. The number of aldehydes is 1. The molecule has 1 heterocycles. The van der Waals surface area contributed by atoms with Crippen LogP contribution in [0.4, 0.5) is 0 Å². The summed E-state index contributed by atoms with van der Waals surface area (Å²) in [6.07, 6.45) is 5.65. The van der Waals surface area contributed by atoms with Crippen molar-refractivity contribution in [2.75, 3.05) is 0 Å². The van der Waals surface area contributed by atoms with Crippen LogP contribution in [0.1, 0.15) is 11.3 Å². The third-order valence-electron chi connectivity index (χ3n) is 2.73. The molecule has 1 aromatic heterocycles. The maximum absolute atomic E-state index is 11.7. The minimum Gasteiger partial charge on any atom is -0.465 e. The molecule has 4 nitrogen and oxygen atoms in total. The Morgan fingerprint density at radius 1 is 1.20 bits per heavy atom. The summed E-state index contributed by atoms with van der Waals surface area (Å²) in [6, 6.07) is 12.5. The van der Waals surface area contributed by atoms with E-state index < -0.39 is 6.04 Å². The first-order chi connectivity index (χ1) is 9.78. The van der Waals surface area contributed by atoms with E-state index in [9.17, 15) is 9.59 Å². The summed E-state index contributed by atoms with van der Waals surface area (Å²) in [5, 5.41) is 2.64. The zero-order valence-electron chi connectivity index (χ0n) is 10.9. The summed E-state index contributed by atoms with van der Waals surface area (Å²) in [5.41, 5.74) is 1.000. The van der Waals surface area contributed by atoms with Crippen LogP contribution in [0.15, 0.2) is 59.2 Å². The Hall–Kier alpha value is -2.62. The van der Waals surface area contributed by atoms with E-state index in [0.29, 0.717) is 12.2 Å². The standard InChI is InChI=1S/C16H15NO3/c18-12-14(11-13-5-2-1-3-6-13)17-16(19)9-8-15-7-4-10-20-15/h1-10,12,14H,11H2,(H,17,19)/t14-/m0/s1. The lowest BCUT2D eigenvalue weighted by atomic mass is 10.1. The molecule has 0 fully saturated rings. The highest BCUT2D eigenvalue weighted by atomic mass is 16.3. The number of furan rings is 1. The molecule has 0 unspecified atom stereocenters. The average Bonchev–Trinajstić information content (AvgIpc) is 2.99. The van der Waals surface area contributed by atoms with Crippen molar-refractivity contribution in [2.24, 2.45) is 0 Å². The molecule has 0 saturated heterocycles. The predicted octanol–water partition coefficient (Wildman–Crippen LogP) is 2.22. The summed E-state index contributed by atoms with van der Waals surface area (Å²) >= 11 is 0.